The Morgan fingerprint density at radius 3 is 2.48 bits per heavy atom. The van der Waals surface area contributed by atoms with Crippen molar-refractivity contribution in [2.45, 2.75) is 20.0 Å². The van der Waals surface area contributed by atoms with E-state index in [2.05, 4.69) is 29.4 Å². The van der Waals surface area contributed by atoms with E-state index < -0.39 is 0 Å². The van der Waals surface area contributed by atoms with Crippen molar-refractivity contribution < 1.29 is 4.79 Å². The van der Waals surface area contributed by atoms with Crippen LogP contribution in [0.15, 0.2) is 66.9 Å². The zero-order chi connectivity index (χ0) is 17.4. The van der Waals surface area contributed by atoms with Crippen molar-refractivity contribution in [2.75, 3.05) is 10.2 Å². The minimum absolute atomic E-state index is 0.0293. The van der Waals surface area contributed by atoms with Gasteiger partial charge in [0.1, 0.15) is 12.0 Å². The maximum Gasteiger partial charge on any atom is 0.261 e. The SMILES string of the molecule is Cc1ccc(N[C@H]2c3ccccc3C(=O)N2c2cc(C)ccn2)cc1. The van der Waals surface area contributed by atoms with Crippen molar-refractivity contribution in [3.8, 4) is 0 Å². The lowest BCUT2D eigenvalue weighted by Crippen LogP contribution is -2.33. The molecule has 1 atom stereocenters. The molecule has 2 aromatic carbocycles. The van der Waals surface area contributed by atoms with Gasteiger partial charge in [0.05, 0.1) is 0 Å². The van der Waals surface area contributed by atoms with Gasteiger partial charge in [0.2, 0.25) is 0 Å². The second-order valence-electron chi connectivity index (χ2n) is 6.37. The molecule has 0 radical (unpaired) electrons. The number of aromatic nitrogens is 1. The molecule has 4 rings (SSSR count). The van der Waals surface area contributed by atoms with Crippen LogP contribution in [0.25, 0.3) is 0 Å². The molecule has 1 aromatic heterocycles. The van der Waals surface area contributed by atoms with Crippen LogP contribution in [0.1, 0.15) is 33.2 Å². The molecule has 0 unspecified atom stereocenters. The molecule has 0 fully saturated rings. The number of fused-ring (bicyclic) bond motifs is 1. The normalized spacial score (nSPS) is 16.0. The third-order valence-electron chi connectivity index (χ3n) is 4.47. The number of aryl methyl sites for hydroxylation is 2. The molecule has 2 heterocycles. The fourth-order valence-corrected chi connectivity index (χ4v) is 3.15. The van der Waals surface area contributed by atoms with E-state index in [1.165, 1.54) is 5.56 Å². The first kappa shape index (κ1) is 15.4. The third-order valence-corrected chi connectivity index (χ3v) is 4.47. The van der Waals surface area contributed by atoms with Crippen LogP contribution in [0.4, 0.5) is 11.5 Å². The molecule has 0 saturated heterocycles. The van der Waals surface area contributed by atoms with Crippen molar-refractivity contribution >= 4 is 17.4 Å². The number of anilines is 2. The maximum absolute atomic E-state index is 13.0. The molecule has 1 aliphatic rings. The molecule has 124 valence electrons. The monoisotopic (exact) mass is 329 g/mol. The van der Waals surface area contributed by atoms with Crippen LogP contribution in [-0.2, 0) is 0 Å². The van der Waals surface area contributed by atoms with Crippen molar-refractivity contribution in [2.24, 2.45) is 0 Å². The van der Waals surface area contributed by atoms with E-state index in [-0.39, 0.29) is 12.1 Å². The summed E-state index contributed by atoms with van der Waals surface area (Å²) in [6, 6.07) is 19.8. The van der Waals surface area contributed by atoms with Gasteiger partial charge in [-0.05, 0) is 49.7 Å². The smallest absolute Gasteiger partial charge is 0.261 e. The summed E-state index contributed by atoms with van der Waals surface area (Å²) in [5.74, 6) is 0.629. The zero-order valence-corrected chi connectivity index (χ0v) is 14.2. The van der Waals surface area contributed by atoms with Crippen LogP contribution in [0, 0.1) is 13.8 Å². The molecule has 4 nitrogen and oxygen atoms in total. The molecule has 3 aromatic rings. The molecule has 0 spiro atoms. The Labute approximate surface area is 147 Å². The predicted molar refractivity (Wildman–Crippen MR) is 99.8 cm³/mol. The van der Waals surface area contributed by atoms with Crippen LogP contribution in [0.5, 0.6) is 0 Å². The molecular formula is C21H19N3O. The summed E-state index contributed by atoms with van der Waals surface area (Å²) >= 11 is 0. The Balaban J connectivity index is 1.78. The highest BCUT2D eigenvalue weighted by Gasteiger charge is 2.38. The fraction of sp³-hybridized carbons (Fsp3) is 0.143. The first-order valence-corrected chi connectivity index (χ1v) is 8.32. The second kappa shape index (κ2) is 6.06. The molecule has 0 bridgehead atoms. The summed E-state index contributed by atoms with van der Waals surface area (Å²) in [7, 11) is 0. The number of carbonyl (C=O) groups is 1. The van der Waals surface area contributed by atoms with Gasteiger partial charge < -0.3 is 5.32 Å². The van der Waals surface area contributed by atoms with E-state index in [1.807, 2.05) is 55.5 Å². The lowest BCUT2D eigenvalue weighted by atomic mass is 10.1. The minimum atomic E-state index is -0.277. The Morgan fingerprint density at radius 1 is 0.960 bits per heavy atom. The maximum atomic E-state index is 13.0. The Kier molecular flexibility index (Phi) is 3.73. The van der Waals surface area contributed by atoms with Gasteiger partial charge >= 0.3 is 0 Å². The van der Waals surface area contributed by atoms with Crippen molar-refractivity contribution in [1.29, 1.82) is 0 Å². The number of hydrogen-bond donors (Lipinski definition) is 1. The van der Waals surface area contributed by atoms with Crippen molar-refractivity contribution in [1.82, 2.24) is 4.98 Å². The van der Waals surface area contributed by atoms with Crippen molar-refractivity contribution in [3.05, 3.63) is 89.1 Å². The second-order valence-corrected chi connectivity index (χ2v) is 6.37. The molecule has 4 heteroatoms. The Bertz CT molecular complexity index is 934. The fourth-order valence-electron chi connectivity index (χ4n) is 3.15. The lowest BCUT2D eigenvalue weighted by molar-refractivity contribution is 0.0992. The van der Waals surface area contributed by atoms with Gasteiger partial charge in [-0.15, -0.1) is 0 Å². The van der Waals surface area contributed by atoms with E-state index in [0.717, 1.165) is 22.4 Å². The molecular weight excluding hydrogens is 310 g/mol. The average molecular weight is 329 g/mol. The largest absolute Gasteiger partial charge is 0.361 e. The van der Waals surface area contributed by atoms with Crippen LogP contribution < -0.4 is 10.2 Å². The van der Waals surface area contributed by atoms with E-state index in [0.29, 0.717) is 5.82 Å². The van der Waals surface area contributed by atoms with Crippen LogP contribution in [0.2, 0.25) is 0 Å². The van der Waals surface area contributed by atoms with Crippen molar-refractivity contribution in [3.63, 3.8) is 0 Å². The van der Waals surface area contributed by atoms with E-state index in [1.54, 1.807) is 11.1 Å². The molecule has 1 aliphatic heterocycles. The predicted octanol–water partition coefficient (Wildman–Crippen LogP) is 4.47. The van der Waals surface area contributed by atoms with Gasteiger partial charge in [0.15, 0.2) is 0 Å². The summed E-state index contributed by atoms with van der Waals surface area (Å²) in [6.45, 7) is 4.06. The average Bonchev–Trinajstić information content (AvgIpc) is 2.89. The Morgan fingerprint density at radius 2 is 1.72 bits per heavy atom. The highest BCUT2D eigenvalue weighted by molar-refractivity contribution is 6.11. The first-order chi connectivity index (χ1) is 12.1. The highest BCUT2D eigenvalue weighted by Crippen LogP contribution is 2.37. The minimum Gasteiger partial charge on any atom is -0.361 e. The van der Waals surface area contributed by atoms with Gasteiger partial charge in [-0.25, -0.2) is 4.98 Å². The van der Waals surface area contributed by atoms with Gasteiger partial charge in [-0.3, -0.25) is 9.69 Å². The summed E-state index contributed by atoms with van der Waals surface area (Å²) < 4.78 is 0. The molecule has 1 amide bonds. The van der Waals surface area contributed by atoms with Gasteiger partial charge in [0, 0.05) is 23.0 Å². The van der Waals surface area contributed by atoms with Crippen LogP contribution in [0.3, 0.4) is 0 Å². The van der Waals surface area contributed by atoms with Crippen LogP contribution >= 0.6 is 0 Å². The molecule has 0 aliphatic carbocycles. The zero-order valence-electron chi connectivity index (χ0n) is 14.2. The summed E-state index contributed by atoms with van der Waals surface area (Å²) in [5, 5.41) is 3.49. The number of rotatable bonds is 3. The number of amides is 1. The summed E-state index contributed by atoms with van der Waals surface area (Å²) in [6.07, 6.45) is 1.46. The van der Waals surface area contributed by atoms with Gasteiger partial charge in [-0.1, -0.05) is 35.9 Å². The quantitative estimate of drug-likeness (QED) is 0.771. The number of nitrogens with one attached hydrogen (secondary N) is 1. The van der Waals surface area contributed by atoms with Gasteiger partial charge in [0.25, 0.3) is 5.91 Å². The first-order valence-electron chi connectivity index (χ1n) is 8.32. The number of benzene rings is 2. The van der Waals surface area contributed by atoms with Gasteiger partial charge in [-0.2, -0.15) is 0 Å². The molecule has 0 saturated carbocycles. The highest BCUT2D eigenvalue weighted by atomic mass is 16.2. The molecule has 1 N–H and O–H groups in total. The summed E-state index contributed by atoms with van der Waals surface area (Å²) in [4.78, 5) is 19.2. The van der Waals surface area contributed by atoms with E-state index in [4.69, 9.17) is 0 Å². The summed E-state index contributed by atoms with van der Waals surface area (Å²) in [5.41, 5.74) is 4.93. The van der Waals surface area contributed by atoms with E-state index in [9.17, 15) is 4.79 Å². The third kappa shape index (κ3) is 2.76. The lowest BCUT2D eigenvalue weighted by Gasteiger charge is -2.26. The molecule has 25 heavy (non-hydrogen) atoms. The number of carbonyl (C=O) groups excluding carboxylic acids is 1. The number of pyridine rings is 1. The Hall–Kier alpha value is -3.14. The standard InChI is InChI=1S/C21H19N3O/c1-14-7-9-16(10-8-14)23-20-17-5-3-4-6-18(17)21(25)24(20)19-13-15(2)11-12-22-19/h3-13,20,23H,1-2H3/t20-/m1/s1. The van der Waals surface area contributed by atoms with E-state index >= 15 is 0 Å². The van der Waals surface area contributed by atoms with Crippen LogP contribution in [-0.4, -0.2) is 10.9 Å². The topological polar surface area (TPSA) is 45.2 Å². The number of hydrogen-bond acceptors (Lipinski definition) is 3. The number of nitrogens with zero attached hydrogens (tertiary/aromatic N) is 2.